The van der Waals surface area contributed by atoms with E-state index in [1.54, 1.807) is 0 Å². The summed E-state index contributed by atoms with van der Waals surface area (Å²) >= 11 is 5.72. The lowest BCUT2D eigenvalue weighted by Gasteiger charge is -2.06. The van der Waals surface area contributed by atoms with E-state index in [1.807, 2.05) is 6.92 Å². The number of hydrogen-bond acceptors (Lipinski definition) is 1. The maximum atomic E-state index is 13.2. The van der Waals surface area contributed by atoms with Gasteiger partial charge in [-0.3, -0.25) is 4.99 Å². The van der Waals surface area contributed by atoms with Gasteiger partial charge in [-0.2, -0.15) is 0 Å². The van der Waals surface area contributed by atoms with Gasteiger partial charge in [0.05, 0.1) is 5.69 Å². The van der Waals surface area contributed by atoms with Crippen LogP contribution in [-0.4, -0.2) is 12.5 Å². The molecule has 0 atom stereocenters. The summed E-state index contributed by atoms with van der Waals surface area (Å²) in [6.45, 7) is 2.60. The molecule has 3 nitrogen and oxygen atoms in total. The average Bonchev–Trinajstić information content (AvgIpc) is 2.20. The number of rotatable bonds is 3. The molecule has 15 heavy (non-hydrogen) atoms. The molecule has 0 aromatic heterocycles. The molecule has 1 aromatic carbocycles. The van der Waals surface area contributed by atoms with E-state index in [4.69, 9.17) is 17.3 Å². The van der Waals surface area contributed by atoms with Crippen LogP contribution in [0.2, 0.25) is 5.02 Å². The van der Waals surface area contributed by atoms with Crippen molar-refractivity contribution in [3.8, 4) is 0 Å². The molecule has 0 radical (unpaired) electrons. The van der Waals surface area contributed by atoms with Gasteiger partial charge in [0.1, 0.15) is 5.82 Å². The van der Waals surface area contributed by atoms with Crippen LogP contribution in [0.4, 0.5) is 10.1 Å². The van der Waals surface area contributed by atoms with E-state index >= 15 is 0 Å². The standard InChI is InChI=1S/C10H13ClFN3/c1-2-5-14-10(13)15-9-6-7(11)3-4-8(9)12/h3-4,6H,2,5H2,1H3,(H3,13,14,15). The number of hydrogen-bond donors (Lipinski definition) is 2. The smallest absolute Gasteiger partial charge is 0.193 e. The summed E-state index contributed by atoms with van der Waals surface area (Å²) in [6.07, 6.45) is 0.889. The Balaban J connectivity index is 2.75. The second kappa shape index (κ2) is 5.56. The minimum atomic E-state index is -0.408. The first kappa shape index (κ1) is 11.8. The molecule has 5 heteroatoms. The van der Waals surface area contributed by atoms with Crippen LogP contribution in [0.1, 0.15) is 13.3 Å². The fourth-order valence-corrected chi connectivity index (χ4v) is 1.18. The Labute approximate surface area is 93.1 Å². The molecule has 82 valence electrons. The third-order valence-electron chi connectivity index (χ3n) is 1.70. The Morgan fingerprint density at radius 1 is 1.60 bits per heavy atom. The molecule has 0 saturated heterocycles. The number of aliphatic imine (C=N–C) groups is 1. The number of guanidine groups is 1. The highest BCUT2D eigenvalue weighted by atomic mass is 35.5. The van der Waals surface area contributed by atoms with E-state index in [9.17, 15) is 4.39 Å². The van der Waals surface area contributed by atoms with Crippen LogP contribution >= 0.6 is 11.6 Å². The van der Waals surface area contributed by atoms with E-state index in [-0.39, 0.29) is 11.6 Å². The zero-order valence-corrected chi connectivity index (χ0v) is 9.18. The lowest BCUT2D eigenvalue weighted by Crippen LogP contribution is -2.23. The summed E-state index contributed by atoms with van der Waals surface area (Å²) in [4.78, 5) is 3.98. The van der Waals surface area contributed by atoms with Crippen LogP contribution in [0, 0.1) is 5.82 Å². The van der Waals surface area contributed by atoms with Crippen molar-refractivity contribution >= 4 is 23.2 Å². The molecule has 0 aliphatic heterocycles. The van der Waals surface area contributed by atoms with Gasteiger partial charge in [0.25, 0.3) is 0 Å². The Morgan fingerprint density at radius 2 is 2.33 bits per heavy atom. The number of anilines is 1. The van der Waals surface area contributed by atoms with E-state index in [0.29, 0.717) is 11.6 Å². The number of nitrogens with one attached hydrogen (secondary N) is 1. The first-order valence-electron chi connectivity index (χ1n) is 4.65. The summed E-state index contributed by atoms with van der Waals surface area (Å²) in [5, 5.41) is 3.10. The summed E-state index contributed by atoms with van der Waals surface area (Å²) in [5.74, 6) is -0.216. The van der Waals surface area contributed by atoms with Crippen LogP contribution in [0.25, 0.3) is 0 Å². The molecule has 0 aliphatic rings. The third-order valence-corrected chi connectivity index (χ3v) is 1.93. The van der Waals surface area contributed by atoms with Crippen molar-refractivity contribution in [1.82, 2.24) is 0 Å². The fourth-order valence-electron chi connectivity index (χ4n) is 1.00. The lowest BCUT2D eigenvalue weighted by atomic mass is 10.3. The predicted octanol–water partition coefficient (Wildman–Crippen LogP) is 2.62. The number of nitrogens with zero attached hydrogens (tertiary/aromatic N) is 1. The van der Waals surface area contributed by atoms with E-state index < -0.39 is 5.82 Å². The van der Waals surface area contributed by atoms with Gasteiger partial charge >= 0.3 is 0 Å². The molecular weight excluding hydrogens is 217 g/mol. The van der Waals surface area contributed by atoms with Gasteiger partial charge in [-0.05, 0) is 24.6 Å². The number of halogens is 2. The van der Waals surface area contributed by atoms with Gasteiger partial charge < -0.3 is 11.1 Å². The monoisotopic (exact) mass is 229 g/mol. The maximum Gasteiger partial charge on any atom is 0.193 e. The zero-order valence-electron chi connectivity index (χ0n) is 8.43. The summed E-state index contributed by atoms with van der Waals surface area (Å²) in [7, 11) is 0. The molecule has 1 aromatic rings. The minimum Gasteiger partial charge on any atom is -0.370 e. The molecule has 0 spiro atoms. The van der Waals surface area contributed by atoms with Gasteiger partial charge in [0, 0.05) is 11.6 Å². The summed E-state index contributed by atoms with van der Waals surface area (Å²) in [5.41, 5.74) is 5.78. The third kappa shape index (κ3) is 3.75. The molecule has 0 fully saturated rings. The van der Waals surface area contributed by atoms with E-state index in [2.05, 4.69) is 10.3 Å². The Morgan fingerprint density at radius 3 is 3.00 bits per heavy atom. The maximum absolute atomic E-state index is 13.2. The Hall–Kier alpha value is -1.29. The number of nitrogens with two attached hydrogens (primary N) is 1. The highest BCUT2D eigenvalue weighted by molar-refractivity contribution is 6.30. The van der Waals surface area contributed by atoms with Crippen molar-refractivity contribution in [1.29, 1.82) is 0 Å². The van der Waals surface area contributed by atoms with Crippen LogP contribution in [0.15, 0.2) is 23.2 Å². The summed E-state index contributed by atoms with van der Waals surface area (Å²) in [6, 6.07) is 4.21. The van der Waals surface area contributed by atoms with Crippen molar-refractivity contribution in [3.05, 3.63) is 29.0 Å². The van der Waals surface area contributed by atoms with Gasteiger partial charge in [-0.25, -0.2) is 4.39 Å². The highest BCUT2D eigenvalue weighted by Crippen LogP contribution is 2.19. The molecule has 0 amide bonds. The topological polar surface area (TPSA) is 50.4 Å². The minimum absolute atomic E-state index is 0.193. The van der Waals surface area contributed by atoms with Crippen LogP contribution in [-0.2, 0) is 0 Å². The molecule has 0 unspecified atom stereocenters. The Bertz CT molecular complexity index is 366. The number of benzene rings is 1. The Kier molecular flexibility index (Phi) is 4.37. The van der Waals surface area contributed by atoms with Crippen LogP contribution < -0.4 is 11.1 Å². The first-order valence-corrected chi connectivity index (χ1v) is 5.03. The predicted molar refractivity (Wildman–Crippen MR) is 61.8 cm³/mol. The molecular formula is C10H13ClFN3. The summed E-state index contributed by atoms with van der Waals surface area (Å²) < 4.78 is 13.2. The van der Waals surface area contributed by atoms with Crippen LogP contribution in [0.3, 0.4) is 0 Å². The molecule has 0 bridgehead atoms. The first-order chi connectivity index (χ1) is 7.13. The van der Waals surface area contributed by atoms with Crippen molar-refractivity contribution < 1.29 is 4.39 Å². The largest absolute Gasteiger partial charge is 0.370 e. The molecule has 0 saturated carbocycles. The van der Waals surface area contributed by atoms with Crippen molar-refractivity contribution in [2.75, 3.05) is 11.9 Å². The van der Waals surface area contributed by atoms with Crippen molar-refractivity contribution in [2.24, 2.45) is 10.7 Å². The molecule has 1 rings (SSSR count). The quantitative estimate of drug-likeness (QED) is 0.618. The van der Waals surface area contributed by atoms with Gasteiger partial charge in [0.2, 0.25) is 0 Å². The fraction of sp³-hybridized carbons (Fsp3) is 0.300. The second-order valence-corrected chi connectivity index (χ2v) is 3.45. The van der Waals surface area contributed by atoms with Gasteiger partial charge in [-0.1, -0.05) is 18.5 Å². The molecule has 0 heterocycles. The van der Waals surface area contributed by atoms with Crippen LogP contribution in [0.5, 0.6) is 0 Å². The normalized spacial score (nSPS) is 11.5. The second-order valence-electron chi connectivity index (χ2n) is 3.02. The average molecular weight is 230 g/mol. The van der Waals surface area contributed by atoms with Crippen molar-refractivity contribution in [2.45, 2.75) is 13.3 Å². The SMILES string of the molecule is CCCN=C(N)Nc1cc(Cl)ccc1F. The van der Waals surface area contributed by atoms with Gasteiger partial charge in [-0.15, -0.1) is 0 Å². The highest BCUT2D eigenvalue weighted by Gasteiger charge is 2.03. The zero-order chi connectivity index (χ0) is 11.3. The molecule has 0 aliphatic carbocycles. The van der Waals surface area contributed by atoms with E-state index in [0.717, 1.165) is 6.42 Å². The van der Waals surface area contributed by atoms with E-state index in [1.165, 1.54) is 18.2 Å². The molecule has 3 N–H and O–H groups in total. The van der Waals surface area contributed by atoms with Gasteiger partial charge in [0.15, 0.2) is 5.96 Å². The lowest BCUT2D eigenvalue weighted by molar-refractivity contribution is 0.632. The van der Waals surface area contributed by atoms with Crippen molar-refractivity contribution in [3.63, 3.8) is 0 Å².